The van der Waals surface area contributed by atoms with E-state index in [1.165, 1.54) is 6.20 Å². The van der Waals surface area contributed by atoms with Gasteiger partial charge in [-0.3, -0.25) is 4.79 Å². The molecule has 0 bridgehead atoms. The minimum Gasteiger partial charge on any atom is -0.442 e. The van der Waals surface area contributed by atoms with Crippen LogP contribution in [-0.4, -0.2) is 27.4 Å². The third kappa shape index (κ3) is 1.91. The molecule has 86 valence electrons. The predicted molar refractivity (Wildman–Crippen MR) is 55.0 cm³/mol. The van der Waals surface area contributed by atoms with Crippen LogP contribution in [0.1, 0.15) is 36.8 Å². The molecule has 0 saturated heterocycles. The summed E-state index contributed by atoms with van der Waals surface area (Å²) in [5.74, 6) is -0.252. The molecule has 1 aromatic rings. The number of rotatable bonds is 0. The van der Waals surface area contributed by atoms with Gasteiger partial charge in [-0.2, -0.15) is 9.78 Å². The number of carbonyl (C=O) groups excluding carboxylic acids is 2. The zero-order chi connectivity index (χ0) is 11.9. The van der Waals surface area contributed by atoms with E-state index in [4.69, 9.17) is 4.74 Å². The van der Waals surface area contributed by atoms with Crippen molar-refractivity contribution in [3.8, 4) is 0 Å². The first-order valence-corrected chi connectivity index (χ1v) is 4.97. The smallest absolute Gasteiger partial charge is 0.435 e. The highest BCUT2D eigenvalue weighted by molar-refractivity contribution is 5.96. The Labute approximate surface area is 92.6 Å². The van der Waals surface area contributed by atoms with E-state index >= 15 is 0 Å². The summed E-state index contributed by atoms with van der Waals surface area (Å²) in [5.41, 5.74) is 0.442. The molecule has 0 unspecified atom stereocenters. The van der Waals surface area contributed by atoms with E-state index in [1.54, 1.807) is 20.8 Å². The Bertz CT molecular complexity index is 456. The summed E-state index contributed by atoms with van der Waals surface area (Å²) in [7, 11) is 0. The van der Waals surface area contributed by atoms with Gasteiger partial charge in [-0.05, 0) is 20.8 Å². The third-order valence-electron chi connectivity index (χ3n) is 2.03. The molecular formula is C10H13N3O3. The van der Waals surface area contributed by atoms with Crippen molar-refractivity contribution in [1.29, 1.82) is 0 Å². The zero-order valence-corrected chi connectivity index (χ0v) is 9.40. The van der Waals surface area contributed by atoms with Gasteiger partial charge < -0.3 is 10.1 Å². The Morgan fingerprint density at radius 1 is 1.56 bits per heavy atom. The van der Waals surface area contributed by atoms with Gasteiger partial charge in [0.25, 0.3) is 5.91 Å². The summed E-state index contributed by atoms with van der Waals surface area (Å²) in [5, 5.41) is 6.50. The van der Waals surface area contributed by atoms with Crippen LogP contribution in [0.5, 0.6) is 0 Å². The van der Waals surface area contributed by atoms with E-state index in [9.17, 15) is 9.59 Å². The fourth-order valence-corrected chi connectivity index (χ4v) is 1.39. The minimum atomic E-state index is -0.574. The lowest BCUT2D eigenvalue weighted by Crippen LogP contribution is -2.28. The van der Waals surface area contributed by atoms with Crippen molar-refractivity contribution in [2.24, 2.45) is 0 Å². The molecule has 1 N–H and O–H groups in total. The van der Waals surface area contributed by atoms with Crippen LogP contribution in [0.3, 0.4) is 0 Å². The SMILES string of the molecule is CC(C)(C)OC(=O)n1cc2c(n1)C(=O)NC2. The summed E-state index contributed by atoms with van der Waals surface area (Å²) in [4.78, 5) is 22.9. The molecule has 2 rings (SSSR count). The number of ether oxygens (including phenoxy) is 1. The lowest BCUT2D eigenvalue weighted by atomic mass is 10.2. The first-order valence-electron chi connectivity index (χ1n) is 4.97. The van der Waals surface area contributed by atoms with Crippen LogP contribution >= 0.6 is 0 Å². The van der Waals surface area contributed by atoms with Crippen molar-refractivity contribution >= 4 is 12.0 Å². The molecule has 1 amide bonds. The number of hydrogen-bond donors (Lipinski definition) is 1. The molecule has 0 spiro atoms. The first-order chi connectivity index (χ1) is 7.37. The van der Waals surface area contributed by atoms with E-state index in [0.29, 0.717) is 12.2 Å². The Kier molecular flexibility index (Phi) is 2.22. The molecule has 6 nitrogen and oxygen atoms in total. The highest BCUT2D eigenvalue weighted by Crippen LogP contribution is 2.14. The average molecular weight is 223 g/mol. The largest absolute Gasteiger partial charge is 0.442 e. The van der Waals surface area contributed by atoms with Gasteiger partial charge in [0.1, 0.15) is 5.60 Å². The Morgan fingerprint density at radius 2 is 2.25 bits per heavy atom. The summed E-state index contributed by atoms with van der Waals surface area (Å²) in [6, 6.07) is 0. The topological polar surface area (TPSA) is 73.2 Å². The summed E-state index contributed by atoms with van der Waals surface area (Å²) in [6.45, 7) is 5.73. The number of fused-ring (bicyclic) bond motifs is 1. The van der Waals surface area contributed by atoms with Crippen molar-refractivity contribution in [1.82, 2.24) is 15.1 Å². The normalized spacial score (nSPS) is 14.6. The van der Waals surface area contributed by atoms with Crippen molar-refractivity contribution in [3.05, 3.63) is 17.5 Å². The van der Waals surface area contributed by atoms with Gasteiger partial charge in [-0.1, -0.05) is 0 Å². The standard InChI is InChI=1S/C10H13N3O3/c1-10(2,3)16-9(15)13-5-6-4-11-8(14)7(6)12-13/h5H,4H2,1-3H3,(H,11,14). The lowest BCUT2D eigenvalue weighted by molar-refractivity contribution is 0.0514. The molecule has 0 radical (unpaired) electrons. The molecule has 0 aliphatic carbocycles. The van der Waals surface area contributed by atoms with Crippen molar-refractivity contribution in [2.45, 2.75) is 32.9 Å². The molecular weight excluding hydrogens is 210 g/mol. The van der Waals surface area contributed by atoms with Crippen LogP contribution in [0.4, 0.5) is 4.79 Å². The van der Waals surface area contributed by atoms with Crippen molar-refractivity contribution in [2.75, 3.05) is 0 Å². The number of carbonyl (C=O) groups is 2. The quantitative estimate of drug-likeness (QED) is 0.709. The molecule has 0 atom stereocenters. The van der Waals surface area contributed by atoms with Crippen molar-refractivity contribution in [3.63, 3.8) is 0 Å². The fourth-order valence-electron chi connectivity index (χ4n) is 1.39. The lowest BCUT2D eigenvalue weighted by Gasteiger charge is -2.18. The Hall–Kier alpha value is -1.85. The maximum atomic E-state index is 11.6. The summed E-state index contributed by atoms with van der Waals surface area (Å²) in [6.07, 6.45) is 0.941. The first kappa shape index (κ1) is 10.7. The van der Waals surface area contributed by atoms with Crippen LogP contribution in [0, 0.1) is 0 Å². The number of nitrogens with one attached hydrogen (secondary N) is 1. The van der Waals surface area contributed by atoms with E-state index in [0.717, 1.165) is 10.2 Å². The number of amides is 1. The molecule has 1 aromatic heterocycles. The predicted octanol–water partition coefficient (Wildman–Crippen LogP) is 0.910. The highest BCUT2D eigenvalue weighted by atomic mass is 16.6. The van der Waals surface area contributed by atoms with E-state index < -0.39 is 11.7 Å². The molecule has 1 aliphatic rings. The minimum absolute atomic E-state index is 0.252. The number of nitrogens with zero attached hydrogens (tertiary/aromatic N) is 2. The molecule has 6 heteroatoms. The highest BCUT2D eigenvalue weighted by Gasteiger charge is 2.26. The second kappa shape index (κ2) is 3.33. The van der Waals surface area contributed by atoms with Gasteiger partial charge in [0.2, 0.25) is 0 Å². The molecule has 0 aromatic carbocycles. The molecule has 2 heterocycles. The summed E-state index contributed by atoms with van der Waals surface area (Å²) < 4.78 is 6.19. The average Bonchev–Trinajstić information content (AvgIpc) is 2.65. The van der Waals surface area contributed by atoms with Crippen molar-refractivity contribution < 1.29 is 14.3 Å². The van der Waals surface area contributed by atoms with Crippen LogP contribution in [0.15, 0.2) is 6.20 Å². The van der Waals surface area contributed by atoms with Gasteiger partial charge in [0.15, 0.2) is 5.69 Å². The maximum Gasteiger partial charge on any atom is 0.435 e. The van der Waals surface area contributed by atoms with E-state index in [1.807, 2.05) is 0 Å². The second-order valence-corrected chi connectivity index (χ2v) is 4.61. The van der Waals surface area contributed by atoms with Gasteiger partial charge >= 0.3 is 6.09 Å². The Morgan fingerprint density at radius 3 is 2.81 bits per heavy atom. The molecule has 0 fully saturated rings. The van der Waals surface area contributed by atoms with Crippen LogP contribution in [-0.2, 0) is 11.3 Å². The molecule has 0 saturated carbocycles. The fraction of sp³-hybridized carbons (Fsp3) is 0.500. The van der Waals surface area contributed by atoms with Gasteiger partial charge in [0.05, 0.1) is 0 Å². The Balaban J connectivity index is 2.20. The second-order valence-electron chi connectivity index (χ2n) is 4.61. The number of aromatic nitrogens is 2. The van der Waals surface area contributed by atoms with Gasteiger partial charge in [-0.15, -0.1) is 0 Å². The monoisotopic (exact) mass is 223 g/mol. The number of hydrogen-bond acceptors (Lipinski definition) is 4. The van der Waals surface area contributed by atoms with Crippen LogP contribution in [0.25, 0.3) is 0 Å². The van der Waals surface area contributed by atoms with E-state index in [-0.39, 0.29) is 5.91 Å². The van der Waals surface area contributed by atoms with Crippen LogP contribution in [0.2, 0.25) is 0 Å². The van der Waals surface area contributed by atoms with Gasteiger partial charge in [0, 0.05) is 18.3 Å². The molecule has 16 heavy (non-hydrogen) atoms. The zero-order valence-electron chi connectivity index (χ0n) is 9.40. The van der Waals surface area contributed by atoms with Crippen LogP contribution < -0.4 is 5.32 Å². The molecule has 1 aliphatic heterocycles. The van der Waals surface area contributed by atoms with E-state index in [2.05, 4.69) is 10.4 Å². The van der Waals surface area contributed by atoms with Gasteiger partial charge in [-0.25, -0.2) is 4.79 Å². The summed E-state index contributed by atoms with van der Waals surface area (Å²) >= 11 is 0. The third-order valence-corrected chi connectivity index (χ3v) is 2.03. The maximum absolute atomic E-state index is 11.6.